The Labute approximate surface area is 140 Å². The zero-order valence-electron chi connectivity index (χ0n) is 13.9. The highest BCUT2D eigenvalue weighted by molar-refractivity contribution is 7.11. The first-order valence-corrected chi connectivity index (χ1v) is 9.03. The van der Waals surface area contributed by atoms with Crippen LogP contribution >= 0.6 is 11.3 Å². The second-order valence-electron chi connectivity index (χ2n) is 7.33. The Morgan fingerprint density at radius 3 is 2.52 bits per heavy atom. The summed E-state index contributed by atoms with van der Waals surface area (Å²) in [7, 11) is 1.65. The third-order valence-corrected chi connectivity index (χ3v) is 5.58. The van der Waals surface area contributed by atoms with E-state index in [0.29, 0.717) is 22.8 Å². The summed E-state index contributed by atoms with van der Waals surface area (Å²) in [5, 5.41) is 22.6. The van der Waals surface area contributed by atoms with Gasteiger partial charge in [0, 0.05) is 31.1 Å². The number of amides is 1. The highest BCUT2D eigenvalue weighted by Crippen LogP contribution is 2.42. The predicted molar refractivity (Wildman–Crippen MR) is 88.2 cm³/mol. The fraction of sp³-hybridized carbons (Fsp3) is 0.750. The first kappa shape index (κ1) is 16.8. The molecule has 1 aromatic rings. The second-order valence-corrected chi connectivity index (χ2v) is 8.19. The minimum absolute atomic E-state index is 0.222. The lowest BCUT2D eigenvalue weighted by molar-refractivity contribution is -0.0136. The smallest absolute Gasteiger partial charge is 0.282 e. The molecule has 2 fully saturated rings. The van der Waals surface area contributed by atoms with E-state index in [1.54, 1.807) is 26.3 Å². The second kappa shape index (κ2) is 6.12. The van der Waals surface area contributed by atoms with Crippen molar-refractivity contribution in [1.29, 1.82) is 0 Å². The molecule has 23 heavy (non-hydrogen) atoms. The van der Waals surface area contributed by atoms with Gasteiger partial charge in [0.05, 0.1) is 11.3 Å². The molecule has 0 saturated carbocycles. The zero-order valence-corrected chi connectivity index (χ0v) is 14.7. The number of hydrogen-bond donors (Lipinski definition) is 2. The van der Waals surface area contributed by atoms with Crippen LogP contribution in [0.15, 0.2) is 5.38 Å². The van der Waals surface area contributed by atoms with Gasteiger partial charge in [-0.05, 0) is 39.5 Å². The standard InChI is InChI=1S/C16H25N3O3S/c1-16(2,22)9-18(3)15(21)13-17-12(8-23-13)14(20)19-10-4-5-11(19)7-6-10/h8,10-11,14,20,22H,4-7,9H2,1-3H3. The molecule has 0 aromatic carbocycles. The van der Waals surface area contributed by atoms with Gasteiger partial charge in [0.15, 0.2) is 11.2 Å². The number of thiazole rings is 1. The van der Waals surface area contributed by atoms with Crippen molar-refractivity contribution >= 4 is 17.2 Å². The van der Waals surface area contributed by atoms with Crippen LogP contribution in [0.2, 0.25) is 0 Å². The highest BCUT2D eigenvalue weighted by Gasteiger charge is 2.43. The molecular formula is C16H25N3O3S. The molecule has 2 N–H and O–H groups in total. The van der Waals surface area contributed by atoms with Crippen LogP contribution in [0.5, 0.6) is 0 Å². The van der Waals surface area contributed by atoms with Crippen molar-refractivity contribution in [2.75, 3.05) is 13.6 Å². The van der Waals surface area contributed by atoms with E-state index in [2.05, 4.69) is 9.88 Å². The maximum Gasteiger partial charge on any atom is 0.282 e. The number of fused-ring (bicyclic) bond motifs is 2. The van der Waals surface area contributed by atoms with Gasteiger partial charge >= 0.3 is 0 Å². The van der Waals surface area contributed by atoms with Crippen LogP contribution in [0.25, 0.3) is 0 Å². The number of aromatic nitrogens is 1. The quantitative estimate of drug-likeness (QED) is 0.852. The van der Waals surface area contributed by atoms with Crippen LogP contribution in [-0.2, 0) is 0 Å². The summed E-state index contributed by atoms with van der Waals surface area (Å²) < 4.78 is 0. The number of aliphatic hydroxyl groups is 2. The summed E-state index contributed by atoms with van der Waals surface area (Å²) in [5.74, 6) is -0.222. The molecule has 6 nitrogen and oxygen atoms in total. The van der Waals surface area contributed by atoms with Gasteiger partial charge in [-0.1, -0.05) is 0 Å². The third-order valence-electron chi connectivity index (χ3n) is 4.73. The van der Waals surface area contributed by atoms with E-state index in [4.69, 9.17) is 0 Å². The first-order chi connectivity index (χ1) is 10.8. The van der Waals surface area contributed by atoms with Crippen molar-refractivity contribution in [3.05, 3.63) is 16.1 Å². The summed E-state index contributed by atoms with van der Waals surface area (Å²) in [4.78, 5) is 20.4. The summed E-state index contributed by atoms with van der Waals surface area (Å²) >= 11 is 1.25. The molecule has 2 aliphatic heterocycles. The van der Waals surface area contributed by atoms with Crippen molar-refractivity contribution in [2.24, 2.45) is 0 Å². The van der Waals surface area contributed by atoms with Gasteiger partial charge in [0.1, 0.15) is 0 Å². The third kappa shape index (κ3) is 3.42. The van der Waals surface area contributed by atoms with E-state index >= 15 is 0 Å². The first-order valence-electron chi connectivity index (χ1n) is 8.15. The fourth-order valence-electron chi connectivity index (χ4n) is 3.82. The Morgan fingerprint density at radius 2 is 2.00 bits per heavy atom. The monoisotopic (exact) mass is 339 g/mol. The van der Waals surface area contributed by atoms with Crippen molar-refractivity contribution in [2.45, 2.75) is 63.4 Å². The molecular weight excluding hydrogens is 314 g/mol. The summed E-state index contributed by atoms with van der Waals surface area (Å²) in [6.45, 7) is 3.56. The summed E-state index contributed by atoms with van der Waals surface area (Å²) in [6.07, 6.45) is 3.86. The topological polar surface area (TPSA) is 76.9 Å². The maximum atomic E-state index is 12.4. The lowest BCUT2D eigenvalue weighted by Gasteiger charge is -2.26. The molecule has 1 atom stereocenters. The number of aliphatic hydroxyl groups excluding tert-OH is 1. The molecule has 2 saturated heterocycles. The number of likely N-dealkylation sites (N-methyl/N-ethyl adjacent to an activating group) is 1. The Kier molecular flexibility index (Phi) is 4.48. The van der Waals surface area contributed by atoms with Gasteiger partial charge in [-0.25, -0.2) is 4.98 Å². The van der Waals surface area contributed by atoms with Gasteiger partial charge in [0.2, 0.25) is 0 Å². The Bertz CT molecular complexity index is 563. The lowest BCUT2D eigenvalue weighted by Crippen LogP contribution is -2.39. The molecule has 3 rings (SSSR count). The van der Waals surface area contributed by atoms with E-state index in [1.165, 1.54) is 16.2 Å². The highest BCUT2D eigenvalue weighted by atomic mass is 32.1. The largest absolute Gasteiger partial charge is 0.389 e. The zero-order chi connectivity index (χ0) is 16.8. The van der Waals surface area contributed by atoms with Gasteiger partial charge in [0.25, 0.3) is 5.91 Å². The van der Waals surface area contributed by atoms with Crippen LogP contribution in [0.1, 0.15) is 61.3 Å². The minimum atomic E-state index is -0.946. The molecule has 2 aliphatic rings. The van der Waals surface area contributed by atoms with Gasteiger partial charge in [-0.15, -0.1) is 11.3 Å². The number of carbonyl (C=O) groups excluding carboxylic acids is 1. The molecule has 1 aromatic heterocycles. The number of carbonyl (C=O) groups is 1. The Morgan fingerprint density at radius 1 is 1.43 bits per heavy atom. The molecule has 1 amide bonds. The number of nitrogens with zero attached hydrogens (tertiary/aromatic N) is 3. The Hall–Kier alpha value is -1.02. The van der Waals surface area contributed by atoms with Crippen molar-refractivity contribution in [3.8, 4) is 0 Å². The predicted octanol–water partition coefficient (Wildman–Crippen LogP) is 1.60. The van der Waals surface area contributed by atoms with Crippen LogP contribution in [0.3, 0.4) is 0 Å². The van der Waals surface area contributed by atoms with Gasteiger partial charge in [-0.2, -0.15) is 0 Å². The van der Waals surface area contributed by atoms with E-state index < -0.39 is 11.8 Å². The van der Waals surface area contributed by atoms with Crippen LogP contribution in [0.4, 0.5) is 0 Å². The lowest BCUT2D eigenvalue weighted by atomic mass is 10.0. The van der Waals surface area contributed by atoms with Gasteiger partial charge in [-0.3, -0.25) is 9.69 Å². The van der Waals surface area contributed by atoms with E-state index in [0.717, 1.165) is 25.7 Å². The van der Waals surface area contributed by atoms with E-state index in [1.807, 2.05) is 0 Å². The van der Waals surface area contributed by atoms with Crippen molar-refractivity contribution in [3.63, 3.8) is 0 Å². The molecule has 128 valence electrons. The molecule has 3 heterocycles. The van der Waals surface area contributed by atoms with Crippen LogP contribution in [-0.4, -0.2) is 62.2 Å². The Balaban J connectivity index is 1.69. The minimum Gasteiger partial charge on any atom is -0.389 e. The molecule has 2 bridgehead atoms. The number of hydrogen-bond acceptors (Lipinski definition) is 6. The van der Waals surface area contributed by atoms with Crippen molar-refractivity contribution in [1.82, 2.24) is 14.8 Å². The maximum absolute atomic E-state index is 12.4. The van der Waals surface area contributed by atoms with E-state index in [-0.39, 0.29) is 12.5 Å². The number of rotatable bonds is 5. The molecule has 0 aliphatic carbocycles. The average molecular weight is 339 g/mol. The fourth-order valence-corrected chi connectivity index (χ4v) is 4.64. The SMILES string of the molecule is CN(CC(C)(C)O)C(=O)c1nc(C(O)N2C3CCC2CC3)cs1. The summed E-state index contributed by atoms with van der Waals surface area (Å²) in [6, 6.07) is 0.905. The summed E-state index contributed by atoms with van der Waals surface area (Å²) in [5.41, 5.74) is -0.382. The normalized spacial score (nSPS) is 25.8. The van der Waals surface area contributed by atoms with Gasteiger partial charge < -0.3 is 15.1 Å². The van der Waals surface area contributed by atoms with Crippen LogP contribution < -0.4 is 0 Å². The molecule has 0 radical (unpaired) electrons. The van der Waals surface area contributed by atoms with Crippen LogP contribution in [0, 0.1) is 0 Å². The van der Waals surface area contributed by atoms with Crippen molar-refractivity contribution < 1.29 is 15.0 Å². The molecule has 0 spiro atoms. The molecule has 1 unspecified atom stereocenters. The molecule has 7 heteroatoms. The van der Waals surface area contributed by atoms with E-state index in [9.17, 15) is 15.0 Å². The average Bonchev–Trinajstić information content (AvgIpc) is 3.19.